The third-order valence-electron chi connectivity index (χ3n) is 6.49. The van der Waals surface area contributed by atoms with Gasteiger partial charge in [0, 0.05) is 19.5 Å². The maximum absolute atomic E-state index is 12.4. The summed E-state index contributed by atoms with van der Waals surface area (Å²) in [6.07, 6.45) is 5.73. The minimum absolute atomic E-state index is 0.0907. The average molecular weight is 468 g/mol. The molecule has 1 aromatic heterocycles. The van der Waals surface area contributed by atoms with E-state index in [1.165, 1.54) is 22.5 Å². The number of amides is 1. The van der Waals surface area contributed by atoms with Crippen LogP contribution in [0.15, 0.2) is 78.9 Å². The Morgan fingerprint density at radius 1 is 0.857 bits per heavy atom. The molecule has 0 aliphatic rings. The zero-order chi connectivity index (χ0) is 24.5. The van der Waals surface area contributed by atoms with E-state index in [0.29, 0.717) is 12.3 Å². The molecule has 4 aromatic rings. The van der Waals surface area contributed by atoms with Crippen LogP contribution in [0.25, 0.3) is 22.2 Å². The molecule has 4 heteroatoms. The number of carbonyl (C=O) groups excluding carboxylic acids is 1. The minimum Gasteiger partial charge on any atom is -0.356 e. The van der Waals surface area contributed by atoms with E-state index in [2.05, 4.69) is 72.3 Å². The Hall–Kier alpha value is -3.40. The topological polar surface area (TPSA) is 46.9 Å². The van der Waals surface area contributed by atoms with Crippen molar-refractivity contribution < 1.29 is 4.79 Å². The molecule has 4 nitrogen and oxygen atoms in total. The van der Waals surface area contributed by atoms with Crippen molar-refractivity contribution in [3.05, 3.63) is 90.3 Å². The first-order valence-corrected chi connectivity index (χ1v) is 13.0. The average Bonchev–Trinajstić information content (AvgIpc) is 3.23. The van der Waals surface area contributed by atoms with E-state index in [1.54, 1.807) is 0 Å². The largest absolute Gasteiger partial charge is 0.356 e. The highest BCUT2D eigenvalue weighted by Gasteiger charge is 2.11. The summed E-state index contributed by atoms with van der Waals surface area (Å²) in [6.45, 7) is 6.29. The number of imidazole rings is 1. The molecule has 0 unspecified atom stereocenters. The van der Waals surface area contributed by atoms with Crippen LogP contribution in [0.3, 0.4) is 0 Å². The molecule has 0 saturated heterocycles. The van der Waals surface area contributed by atoms with Gasteiger partial charge in [-0.05, 0) is 54.0 Å². The van der Waals surface area contributed by atoms with Crippen molar-refractivity contribution in [3.8, 4) is 11.1 Å². The SMILES string of the molecule is CC(C)CCn1c(CCCCCNC(=O)Cc2ccc(-c3ccccc3)cc2)nc2ccccc21. The van der Waals surface area contributed by atoms with Crippen LogP contribution in [0, 0.1) is 5.92 Å². The molecule has 1 N–H and O–H groups in total. The summed E-state index contributed by atoms with van der Waals surface area (Å²) < 4.78 is 2.40. The Balaban J connectivity index is 1.18. The van der Waals surface area contributed by atoms with E-state index in [9.17, 15) is 4.79 Å². The molecule has 4 rings (SSSR count). The minimum atomic E-state index is 0.0907. The highest BCUT2D eigenvalue weighted by atomic mass is 16.1. The second kappa shape index (κ2) is 12.3. The molecule has 0 fully saturated rings. The van der Waals surface area contributed by atoms with Crippen LogP contribution in [0.5, 0.6) is 0 Å². The molecule has 0 saturated carbocycles. The Morgan fingerprint density at radius 2 is 1.57 bits per heavy atom. The normalized spacial score (nSPS) is 11.3. The molecule has 0 spiro atoms. The highest BCUT2D eigenvalue weighted by molar-refractivity contribution is 5.79. The fourth-order valence-electron chi connectivity index (χ4n) is 4.46. The van der Waals surface area contributed by atoms with Gasteiger partial charge in [-0.3, -0.25) is 4.79 Å². The summed E-state index contributed by atoms with van der Waals surface area (Å²) in [5.41, 5.74) is 5.75. The maximum atomic E-state index is 12.4. The Labute approximate surface area is 209 Å². The van der Waals surface area contributed by atoms with Gasteiger partial charge in [0.05, 0.1) is 17.5 Å². The van der Waals surface area contributed by atoms with Gasteiger partial charge < -0.3 is 9.88 Å². The molecule has 0 atom stereocenters. The summed E-state index contributed by atoms with van der Waals surface area (Å²) in [5.74, 6) is 1.96. The van der Waals surface area contributed by atoms with Crippen molar-refractivity contribution in [2.24, 2.45) is 5.92 Å². The van der Waals surface area contributed by atoms with Gasteiger partial charge in [0.25, 0.3) is 0 Å². The van der Waals surface area contributed by atoms with Gasteiger partial charge in [-0.25, -0.2) is 4.98 Å². The first-order chi connectivity index (χ1) is 17.1. The van der Waals surface area contributed by atoms with Crippen molar-refractivity contribution in [1.29, 1.82) is 0 Å². The number of nitrogens with one attached hydrogen (secondary N) is 1. The zero-order valence-corrected chi connectivity index (χ0v) is 21.0. The van der Waals surface area contributed by atoms with E-state index in [4.69, 9.17) is 4.98 Å². The number of aromatic nitrogens is 2. The van der Waals surface area contributed by atoms with Gasteiger partial charge in [-0.1, -0.05) is 87.0 Å². The first-order valence-electron chi connectivity index (χ1n) is 13.0. The lowest BCUT2D eigenvalue weighted by molar-refractivity contribution is -0.120. The lowest BCUT2D eigenvalue weighted by atomic mass is 10.0. The standard InChI is InChI=1S/C31H37N3O/c1-24(2)20-22-34-29-14-9-8-13-28(29)33-30(34)15-7-4-10-21-32-31(35)23-25-16-18-27(19-17-25)26-11-5-3-6-12-26/h3,5-6,8-9,11-14,16-19,24H,4,7,10,15,20-23H2,1-2H3,(H,32,35). The van der Waals surface area contributed by atoms with Crippen molar-refractivity contribution in [1.82, 2.24) is 14.9 Å². The number of hydrogen-bond donors (Lipinski definition) is 1. The van der Waals surface area contributed by atoms with E-state index >= 15 is 0 Å². The third-order valence-corrected chi connectivity index (χ3v) is 6.49. The van der Waals surface area contributed by atoms with E-state index < -0.39 is 0 Å². The van der Waals surface area contributed by atoms with Gasteiger partial charge in [-0.15, -0.1) is 0 Å². The molecule has 1 heterocycles. The van der Waals surface area contributed by atoms with E-state index in [1.807, 2.05) is 30.3 Å². The number of benzene rings is 3. The molecular formula is C31H37N3O. The first kappa shape index (κ1) is 24.7. The van der Waals surface area contributed by atoms with Crippen LogP contribution in [0.2, 0.25) is 0 Å². The number of para-hydroxylation sites is 2. The predicted octanol–water partition coefficient (Wildman–Crippen LogP) is 6.82. The molecule has 0 radical (unpaired) electrons. The van der Waals surface area contributed by atoms with Gasteiger partial charge in [0.2, 0.25) is 5.91 Å². The summed E-state index contributed by atoms with van der Waals surface area (Å²) >= 11 is 0. The molecule has 0 aliphatic heterocycles. The monoisotopic (exact) mass is 467 g/mol. The number of rotatable bonds is 12. The number of aryl methyl sites for hydroxylation is 2. The fraction of sp³-hybridized carbons (Fsp3) is 0.355. The van der Waals surface area contributed by atoms with Crippen LogP contribution in [0.4, 0.5) is 0 Å². The molecule has 0 aliphatic carbocycles. The predicted molar refractivity (Wildman–Crippen MR) is 145 cm³/mol. The lowest BCUT2D eigenvalue weighted by Crippen LogP contribution is -2.26. The zero-order valence-electron chi connectivity index (χ0n) is 21.0. The summed E-state index contributed by atoms with van der Waals surface area (Å²) in [5, 5.41) is 3.08. The van der Waals surface area contributed by atoms with Gasteiger partial charge in [0.15, 0.2) is 0 Å². The van der Waals surface area contributed by atoms with Crippen LogP contribution >= 0.6 is 0 Å². The Kier molecular flexibility index (Phi) is 8.72. The Bertz CT molecular complexity index is 1210. The number of fused-ring (bicyclic) bond motifs is 1. The second-order valence-corrected chi connectivity index (χ2v) is 9.75. The van der Waals surface area contributed by atoms with Gasteiger partial charge in [0.1, 0.15) is 5.82 Å². The van der Waals surface area contributed by atoms with E-state index in [-0.39, 0.29) is 5.91 Å². The van der Waals surface area contributed by atoms with Gasteiger partial charge in [-0.2, -0.15) is 0 Å². The quantitative estimate of drug-likeness (QED) is 0.232. The van der Waals surface area contributed by atoms with Crippen LogP contribution in [-0.2, 0) is 24.2 Å². The van der Waals surface area contributed by atoms with Crippen LogP contribution in [0.1, 0.15) is 50.9 Å². The van der Waals surface area contributed by atoms with Crippen LogP contribution in [-0.4, -0.2) is 22.0 Å². The van der Waals surface area contributed by atoms with Crippen molar-refractivity contribution >= 4 is 16.9 Å². The van der Waals surface area contributed by atoms with Crippen molar-refractivity contribution in [2.75, 3.05) is 6.54 Å². The van der Waals surface area contributed by atoms with Crippen molar-refractivity contribution in [2.45, 2.75) is 58.9 Å². The number of carbonyl (C=O) groups is 1. The third kappa shape index (κ3) is 7.05. The molecule has 35 heavy (non-hydrogen) atoms. The maximum Gasteiger partial charge on any atom is 0.224 e. The molecular weight excluding hydrogens is 430 g/mol. The molecule has 1 amide bonds. The molecule has 182 valence electrons. The summed E-state index contributed by atoms with van der Waals surface area (Å²) in [4.78, 5) is 17.3. The van der Waals surface area contributed by atoms with Crippen molar-refractivity contribution in [3.63, 3.8) is 0 Å². The lowest BCUT2D eigenvalue weighted by Gasteiger charge is -2.11. The summed E-state index contributed by atoms with van der Waals surface area (Å²) in [7, 11) is 0. The highest BCUT2D eigenvalue weighted by Crippen LogP contribution is 2.20. The Morgan fingerprint density at radius 3 is 2.34 bits per heavy atom. The number of nitrogens with zero attached hydrogens (tertiary/aromatic N) is 2. The number of unbranched alkanes of at least 4 members (excludes halogenated alkanes) is 2. The molecule has 3 aromatic carbocycles. The smallest absolute Gasteiger partial charge is 0.224 e. The molecule has 0 bridgehead atoms. The van der Waals surface area contributed by atoms with Gasteiger partial charge >= 0.3 is 0 Å². The van der Waals surface area contributed by atoms with Crippen LogP contribution < -0.4 is 5.32 Å². The summed E-state index contributed by atoms with van der Waals surface area (Å²) in [6, 6.07) is 27.0. The second-order valence-electron chi connectivity index (χ2n) is 9.75. The number of hydrogen-bond acceptors (Lipinski definition) is 2. The fourth-order valence-corrected chi connectivity index (χ4v) is 4.46. The van der Waals surface area contributed by atoms with E-state index in [0.717, 1.165) is 56.3 Å².